The average Bonchev–Trinajstić information content (AvgIpc) is 2.50. The van der Waals surface area contributed by atoms with Gasteiger partial charge in [-0.15, -0.1) is 11.6 Å². The van der Waals surface area contributed by atoms with Crippen LogP contribution >= 0.6 is 11.6 Å². The van der Waals surface area contributed by atoms with E-state index < -0.39 is 26.3 Å². The molecular weight excluding hydrogens is 324 g/mol. The Labute approximate surface area is 138 Å². The fourth-order valence-corrected chi connectivity index (χ4v) is 4.84. The fraction of sp³-hybridized carbons (Fsp3) is 0.625. The lowest BCUT2D eigenvalue weighted by Crippen LogP contribution is -2.05. The second-order valence-electron chi connectivity index (χ2n) is 5.14. The van der Waals surface area contributed by atoms with E-state index in [4.69, 9.17) is 11.6 Å². The molecule has 1 rings (SSSR count). The first-order valence-corrected chi connectivity index (χ1v) is 10.8. The average molecular weight is 349 g/mol. The smallest absolute Gasteiger partial charge is 0.134 e. The maximum Gasteiger partial charge on any atom is 0.134 e. The normalized spacial score (nSPS) is 15.6. The third kappa shape index (κ3) is 7.07. The zero-order chi connectivity index (χ0) is 15.7. The third-order valence-corrected chi connectivity index (χ3v) is 6.90. The molecule has 0 bridgehead atoms. The second kappa shape index (κ2) is 10.5. The molecule has 0 radical (unpaired) electrons. The van der Waals surface area contributed by atoms with Crippen LogP contribution in [0.3, 0.4) is 0 Å². The molecule has 0 aromatic heterocycles. The highest BCUT2D eigenvalue weighted by atomic mass is 35.5. The fourth-order valence-electron chi connectivity index (χ4n) is 1.87. The number of unbranched alkanes of at least 4 members (excludes halogenated alkanes) is 2. The lowest BCUT2D eigenvalue weighted by molar-refractivity contribution is 0.677. The Bertz CT molecular complexity index is 460. The molecule has 0 aliphatic rings. The van der Waals surface area contributed by atoms with Crippen molar-refractivity contribution in [3.8, 4) is 0 Å². The molecule has 2 nitrogen and oxygen atoms in total. The first-order valence-electron chi connectivity index (χ1n) is 7.53. The Kier molecular flexibility index (Phi) is 9.45. The molecule has 1 aromatic carbocycles. The number of benzene rings is 1. The van der Waals surface area contributed by atoms with E-state index in [1.165, 1.54) is 0 Å². The molecule has 3 unspecified atom stereocenters. The minimum absolute atomic E-state index is 0.448. The quantitative estimate of drug-likeness (QED) is 0.582. The van der Waals surface area contributed by atoms with Crippen molar-refractivity contribution in [2.45, 2.75) is 50.0 Å². The van der Waals surface area contributed by atoms with Crippen LogP contribution < -0.4 is 0 Å². The van der Waals surface area contributed by atoms with Gasteiger partial charge in [0, 0.05) is 38.9 Å². The largest absolute Gasteiger partial charge is 0.259 e. The molecule has 0 aliphatic carbocycles. The first kappa shape index (κ1) is 18.9. The van der Waals surface area contributed by atoms with Gasteiger partial charge in [-0.3, -0.25) is 8.42 Å². The van der Waals surface area contributed by atoms with Crippen molar-refractivity contribution >= 4 is 33.2 Å². The number of hydrogen-bond acceptors (Lipinski definition) is 2. The monoisotopic (exact) mass is 348 g/mol. The molecule has 0 heterocycles. The molecule has 120 valence electrons. The van der Waals surface area contributed by atoms with Crippen molar-refractivity contribution in [2.75, 3.05) is 11.5 Å². The van der Waals surface area contributed by atoms with Crippen molar-refractivity contribution in [2.24, 2.45) is 0 Å². The highest BCUT2D eigenvalue weighted by Crippen LogP contribution is 2.25. The molecule has 0 aliphatic heterocycles. The summed E-state index contributed by atoms with van der Waals surface area (Å²) in [5.41, 5.74) is 1.94. The van der Waals surface area contributed by atoms with Gasteiger partial charge in [-0.1, -0.05) is 51.0 Å². The van der Waals surface area contributed by atoms with Gasteiger partial charge in [0.1, 0.15) is 4.71 Å². The van der Waals surface area contributed by atoms with Crippen LogP contribution in [0.1, 0.15) is 55.4 Å². The standard InChI is InChI=1S/C16H25ClO2S2/c1-3-5-11-20(18)13-14-7-9-15(10-8-14)16(17)21(19)12-6-4-2/h7-10,16H,3-6,11-13H2,1-2H3. The van der Waals surface area contributed by atoms with Crippen LogP contribution in [0.25, 0.3) is 0 Å². The third-order valence-electron chi connectivity index (χ3n) is 3.22. The summed E-state index contributed by atoms with van der Waals surface area (Å²) in [6.45, 7) is 4.18. The molecular formula is C16H25ClO2S2. The van der Waals surface area contributed by atoms with E-state index in [0.29, 0.717) is 11.5 Å². The van der Waals surface area contributed by atoms with Crippen LogP contribution in [0, 0.1) is 0 Å². The zero-order valence-electron chi connectivity index (χ0n) is 12.8. The summed E-state index contributed by atoms with van der Waals surface area (Å²) in [5, 5.41) is 0. The Morgan fingerprint density at radius 3 is 2.14 bits per heavy atom. The van der Waals surface area contributed by atoms with Crippen LogP contribution in [0.2, 0.25) is 0 Å². The highest BCUT2D eigenvalue weighted by Gasteiger charge is 2.15. The lowest BCUT2D eigenvalue weighted by atomic mass is 10.2. The Morgan fingerprint density at radius 1 is 1.00 bits per heavy atom. The van der Waals surface area contributed by atoms with Gasteiger partial charge >= 0.3 is 0 Å². The van der Waals surface area contributed by atoms with Crippen LogP contribution in [-0.2, 0) is 27.4 Å². The lowest BCUT2D eigenvalue weighted by Gasteiger charge is -2.10. The van der Waals surface area contributed by atoms with Gasteiger partial charge in [0.15, 0.2) is 0 Å². The number of rotatable bonds is 10. The predicted molar refractivity (Wildman–Crippen MR) is 94.6 cm³/mol. The zero-order valence-corrected chi connectivity index (χ0v) is 15.2. The van der Waals surface area contributed by atoms with Crippen molar-refractivity contribution in [1.29, 1.82) is 0 Å². The van der Waals surface area contributed by atoms with Crippen LogP contribution in [-0.4, -0.2) is 19.9 Å². The van der Waals surface area contributed by atoms with Crippen molar-refractivity contribution in [3.63, 3.8) is 0 Å². The predicted octanol–water partition coefficient (Wildman–Crippen LogP) is 4.52. The van der Waals surface area contributed by atoms with Gasteiger partial charge < -0.3 is 0 Å². The first-order chi connectivity index (χ1) is 10.1. The molecule has 0 amide bonds. The minimum atomic E-state index is -1.03. The molecule has 0 N–H and O–H groups in total. The van der Waals surface area contributed by atoms with Crippen molar-refractivity contribution in [3.05, 3.63) is 35.4 Å². The minimum Gasteiger partial charge on any atom is -0.259 e. The molecule has 0 spiro atoms. The maximum atomic E-state index is 12.0. The second-order valence-corrected chi connectivity index (χ2v) is 9.05. The van der Waals surface area contributed by atoms with Crippen LogP contribution in [0.15, 0.2) is 24.3 Å². The van der Waals surface area contributed by atoms with Gasteiger partial charge in [0.25, 0.3) is 0 Å². The summed E-state index contributed by atoms with van der Waals surface area (Å²) in [6, 6.07) is 7.72. The number of halogens is 1. The Morgan fingerprint density at radius 2 is 1.57 bits per heavy atom. The highest BCUT2D eigenvalue weighted by molar-refractivity contribution is 7.86. The van der Waals surface area contributed by atoms with E-state index >= 15 is 0 Å². The van der Waals surface area contributed by atoms with Crippen molar-refractivity contribution in [1.82, 2.24) is 0 Å². The molecule has 0 saturated heterocycles. The Hall–Kier alpha value is -0.190. The summed E-state index contributed by atoms with van der Waals surface area (Å²) in [7, 11) is -1.83. The van der Waals surface area contributed by atoms with Gasteiger partial charge in [-0.25, -0.2) is 0 Å². The maximum absolute atomic E-state index is 12.0. The van der Waals surface area contributed by atoms with E-state index in [2.05, 4.69) is 13.8 Å². The topological polar surface area (TPSA) is 34.1 Å². The molecule has 3 atom stereocenters. The summed E-state index contributed by atoms with van der Waals surface area (Å²) in [5.74, 6) is 2.00. The SMILES string of the molecule is CCCCS(=O)Cc1ccc(C(Cl)S(=O)CCCC)cc1. The van der Waals surface area contributed by atoms with Crippen LogP contribution in [0.5, 0.6) is 0 Å². The van der Waals surface area contributed by atoms with Gasteiger partial charge in [0.2, 0.25) is 0 Å². The van der Waals surface area contributed by atoms with E-state index in [1.54, 1.807) is 0 Å². The summed E-state index contributed by atoms with van der Waals surface area (Å²) >= 11 is 6.26. The summed E-state index contributed by atoms with van der Waals surface area (Å²) in [6.07, 6.45) is 4.04. The van der Waals surface area contributed by atoms with Gasteiger partial charge in [-0.05, 0) is 24.0 Å². The Balaban J connectivity index is 2.56. The number of hydrogen-bond donors (Lipinski definition) is 0. The molecule has 1 aromatic rings. The van der Waals surface area contributed by atoms with E-state index in [0.717, 1.165) is 42.6 Å². The van der Waals surface area contributed by atoms with E-state index in [9.17, 15) is 8.42 Å². The van der Waals surface area contributed by atoms with Crippen molar-refractivity contribution < 1.29 is 8.42 Å². The summed E-state index contributed by atoms with van der Waals surface area (Å²) in [4.78, 5) is 0. The molecule has 0 fully saturated rings. The van der Waals surface area contributed by atoms with E-state index in [-0.39, 0.29) is 0 Å². The number of alkyl halides is 1. The molecule has 0 saturated carbocycles. The van der Waals surface area contributed by atoms with E-state index in [1.807, 2.05) is 24.3 Å². The van der Waals surface area contributed by atoms with Gasteiger partial charge in [-0.2, -0.15) is 0 Å². The van der Waals surface area contributed by atoms with Crippen LogP contribution in [0.4, 0.5) is 0 Å². The summed E-state index contributed by atoms with van der Waals surface area (Å²) < 4.78 is 23.4. The molecule has 21 heavy (non-hydrogen) atoms. The molecule has 5 heteroatoms. The van der Waals surface area contributed by atoms with Gasteiger partial charge in [0.05, 0.1) is 0 Å².